The van der Waals surface area contributed by atoms with Gasteiger partial charge in [0.2, 0.25) is 0 Å². The Balaban J connectivity index is 1.86. The number of β-amino-alcohol motifs (C(OH)–C–C–N with tert-alkyl or cyclic N) is 1. The van der Waals surface area contributed by atoms with Crippen molar-refractivity contribution in [3.05, 3.63) is 0 Å². The smallest absolute Gasteiger partial charge is 0.324 e. The number of carboxylic acid groups (broad SMARTS) is 1. The lowest BCUT2D eigenvalue weighted by Gasteiger charge is -2.37. The van der Waals surface area contributed by atoms with Crippen LogP contribution in [0.5, 0.6) is 0 Å². The van der Waals surface area contributed by atoms with E-state index < -0.39 is 11.5 Å². The molecule has 1 saturated heterocycles. The molecule has 0 aromatic carbocycles. The molecule has 86 valence electrons. The number of piperazine rings is 1. The van der Waals surface area contributed by atoms with Crippen molar-refractivity contribution >= 4 is 5.97 Å². The van der Waals surface area contributed by atoms with Crippen LogP contribution in [0.4, 0.5) is 0 Å². The third-order valence-electron chi connectivity index (χ3n) is 3.52. The minimum atomic E-state index is -0.668. The van der Waals surface area contributed by atoms with Gasteiger partial charge in [-0.1, -0.05) is 0 Å². The summed E-state index contributed by atoms with van der Waals surface area (Å²) in [4.78, 5) is 15.4. The molecular formula is C10H18N2O3. The fourth-order valence-corrected chi connectivity index (χ4v) is 2.32. The molecule has 1 heterocycles. The van der Waals surface area contributed by atoms with Gasteiger partial charge in [0.1, 0.15) is 5.54 Å². The van der Waals surface area contributed by atoms with E-state index in [9.17, 15) is 4.79 Å². The molecule has 0 bridgehead atoms. The highest BCUT2D eigenvalue weighted by molar-refractivity contribution is 5.82. The van der Waals surface area contributed by atoms with Gasteiger partial charge < -0.3 is 10.2 Å². The zero-order valence-electron chi connectivity index (χ0n) is 8.85. The highest BCUT2D eigenvalue weighted by Gasteiger charge is 2.55. The van der Waals surface area contributed by atoms with Crippen LogP contribution in [-0.2, 0) is 4.79 Å². The maximum Gasteiger partial charge on any atom is 0.324 e. The van der Waals surface area contributed by atoms with Crippen molar-refractivity contribution < 1.29 is 15.0 Å². The summed E-state index contributed by atoms with van der Waals surface area (Å²) in [5, 5.41) is 17.9. The van der Waals surface area contributed by atoms with E-state index in [-0.39, 0.29) is 6.61 Å². The fraction of sp³-hybridized carbons (Fsp3) is 0.900. The number of hydrogen-bond donors (Lipinski definition) is 2. The maximum atomic E-state index is 11.1. The summed E-state index contributed by atoms with van der Waals surface area (Å²) in [6.45, 7) is 4.25. The molecule has 0 amide bonds. The van der Waals surface area contributed by atoms with Crippen LogP contribution >= 0.6 is 0 Å². The number of carbonyl (C=O) groups is 1. The van der Waals surface area contributed by atoms with Crippen molar-refractivity contribution in [2.75, 3.05) is 39.3 Å². The summed E-state index contributed by atoms with van der Waals surface area (Å²) in [5.74, 6) is -0.668. The molecule has 1 aliphatic carbocycles. The topological polar surface area (TPSA) is 64.0 Å². The molecule has 2 fully saturated rings. The van der Waals surface area contributed by atoms with Crippen molar-refractivity contribution in [2.45, 2.75) is 18.4 Å². The van der Waals surface area contributed by atoms with Crippen LogP contribution in [0.1, 0.15) is 12.8 Å². The molecule has 0 aromatic heterocycles. The summed E-state index contributed by atoms with van der Waals surface area (Å²) in [6.07, 6.45) is 1.59. The Bertz CT molecular complexity index is 245. The molecule has 2 N–H and O–H groups in total. The highest BCUT2D eigenvalue weighted by atomic mass is 16.4. The third-order valence-corrected chi connectivity index (χ3v) is 3.52. The Morgan fingerprint density at radius 3 is 2.20 bits per heavy atom. The first kappa shape index (κ1) is 10.9. The number of aliphatic carboxylic acids is 1. The van der Waals surface area contributed by atoms with E-state index in [1.54, 1.807) is 0 Å². The van der Waals surface area contributed by atoms with Crippen LogP contribution in [0.2, 0.25) is 0 Å². The molecule has 5 nitrogen and oxygen atoms in total. The first-order valence-corrected chi connectivity index (χ1v) is 5.51. The molecule has 0 atom stereocenters. The minimum absolute atomic E-state index is 0.185. The standard InChI is InChI=1S/C10H18N2O3/c13-8-7-11-3-5-12(6-4-11)10(1-2-10)9(14)15/h13H,1-8H2,(H,14,15). The van der Waals surface area contributed by atoms with Crippen LogP contribution in [0, 0.1) is 0 Å². The third kappa shape index (κ3) is 2.00. The van der Waals surface area contributed by atoms with Gasteiger partial charge >= 0.3 is 5.97 Å². The quantitative estimate of drug-likeness (QED) is 0.642. The second-order valence-corrected chi connectivity index (χ2v) is 4.39. The SMILES string of the molecule is O=C(O)C1(N2CCN(CCO)CC2)CC1. The monoisotopic (exact) mass is 214 g/mol. The van der Waals surface area contributed by atoms with Crippen LogP contribution in [-0.4, -0.2) is 70.9 Å². The Morgan fingerprint density at radius 2 is 1.80 bits per heavy atom. The van der Waals surface area contributed by atoms with Crippen molar-refractivity contribution in [2.24, 2.45) is 0 Å². The summed E-state index contributed by atoms with van der Waals surface area (Å²) in [6, 6.07) is 0. The normalized spacial score (nSPS) is 26.5. The van der Waals surface area contributed by atoms with Gasteiger partial charge in [-0.3, -0.25) is 14.6 Å². The Morgan fingerprint density at radius 1 is 1.20 bits per heavy atom. The minimum Gasteiger partial charge on any atom is -0.480 e. The van der Waals surface area contributed by atoms with Crippen molar-refractivity contribution in [3.63, 3.8) is 0 Å². The van der Waals surface area contributed by atoms with Gasteiger partial charge in [-0.25, -0.2) is 0 Å². The average molecular weight is 214 g/mol. The lowest BCUT2D eigenvalue weighted by molar-refractivity contribution is -0.146. The van der Waals surface area contributed by atoms with Gasteiger partial charge in [-0.05, 0) is 12.8 Å². The van der Waals surface area contributed by atoms with E-state index in [1.165, 1.54) is 0 Å². The number of hydrogen-bond acceptors (Lipinski definition) is 4. The number of nitrogens with zero attached hydrogens (tertiary/aromatic N) is 2. The fourth-order valence-electron chi connectivity index (χ4n) is 2.32. The summed E-state index contributed by atoms with van der Waals surface area (Å²) in [7, 11) is 0. The number of aliphatic hydroxyl groups is 1. The summed E-state index contributed by atoms with van der Waals surface area (Å²) < 4.78 is 0. The largest absolute Gasteiger partial charge is 0.480 e. The molecule has 0 radical (unpaired) electrons. The average Bonchev–Trinajstić information content (AvgIpc) is 3.00. The zero-order chi connectivity index (χ0) is 10.9. The van der Waals surface area contributed by atoms with Gasteiger partial charge in [0.15, 0.2) is 0 Å². The van der Waals surface area contributed by atoms with E-state index >= 15 is 0 Å². The Hall–Kier alpha value is -0.650. The molecule has 1 aliphatic heterocycles. The molecule has 15 heavy (non-hydrogen) atoms. The Kier molecular flexibility index (Phi) is 2.95. The second-order valence-electron chi connectivity index (χ2n) is 4.39. The van der Waals surface area contributed by atoms with Gasteiger partial charge in [-0.15, -0.1) is 0 Å². The lowest BCUT2D eigenvalue weighted by atomic mass is 10.2. The lowest BCUT2D eigenvalue weighted by Crippen LogP contribution is -2.54. The van der Waals surface area contributed by atoms with Crippen LogP contribution in [0.15, 0.2) is 0 Å². The van der Waals surface area contributed by atoms with Gasteiger partial charge in [0.25, 0.3) is 0 Å². The molecule has 1 saturated carbocycles. The van der Waals surface area contributed by atoms with Crippen LogP contribution < -0.4 is 0 Å². The van der Waals surface area contributed by atoms with Crippen LogP contribution in [0.3, 0.4) is 0 Å². The highest BCUT2D eigenvalue weighted by Crippen LogP contribution is 2.42. The summed E-state index contributed by atoms with van der Waals surface area (Å²) in [5.41, 5.74) is -0.536. The van der Waals surface area contributed by atoms with Gasteiger partial charge in [0, 0.05) is 32.7 Å². The molecule has 2 rings (SSSR count). The van der Waals surface area contributed by atoms with E-state index in [0.29, 0.717) is 6.54 Å². The second kappa shape index (κ2) is 4.08. The molecule has 0 spiro atoms. The molecule has 0 unspecified atom stereocenters. The summed E-state index contributed by atoms with van der Waals surface area (Å²) >= 11 is 0. The zero-order valence-corrected chi connectivity index (χ0v) is 8.85. The van der Waals surface area contributed by atoms with Crippen LogP contribution in [0.25, 0.3) is 0 Å². The predicted octanol–water partition coefficient (Wildman–Crippen LogP) is -0.786. The Labute approximate surface area is 89.3 Å². The number of rotatable bonds is 4. The predicted molar refractivity (Wildman–Crippen MR) is 54.7 cm³/mol. The van der Waals surface area contributed by atoms with Crippen molar-refractivity contribution in [1.29, 1.82) is 0 Å². The molecule has 2 aliphatic rings. The number of aliphatic hydroxyl groups excluding tert-OH is 1. The van der Waals surface area contributed by atoms with E-state index in [1.807, 2.05) is 0 Å². The van der Waals surface area contributed by atoms with E-state index in [2.05, 4.69) is 9.80 Å². The molecule has 5 heteroatoms. The molecular weight excluding hydrogens is 196 g/mol. The van der Waals surface area contributed by atoms with Gasteiger partial charge in [0.05, 0.1) is 6.61 Å². The first-order valence-electron chi connectivity index (χ1n) is 5.51. The van der Waals surface area contributed by atoms with Gasteiger partial charge in [-0.2, -0.15) is 0 Å². The van der Waals surface area contributed by atoms with Crippen molar-refractivity contribution in [1.82, 2.24) is 9.80 Å². The van der Waals surface area contributed by atoms with E-state index in [0.717, 1.165) is 39.0 Å². The maximum absolute atomic E-state index is 11.1. The van der Waals surface area contributed by atoms with Crippen molar-refractivity contribution in [3.8, 4) is 0 Å². The van der Waals surface area contributed by atoms with E-state index in [4.69, 9.17) is 10.2 Å². The molecule has 0 aromatic rings. The first-order chi connectivity index (χ1) is 7.19. The number of carboxylic acids is 1.